The van der Waals surface area contributed by atoms with E-state index in [0.29, 0.717) is 6.04 Å². The predicted molar refractivity (Wildman–Crippen MR) is 92.2 cm³/mol. The van der Waals surface area contributed by atoms with Crippen LogP contribution in [0.15, 0.2) is 36.7 Å². The second kappa shape index (κ2) is 6.56. The lowest BCUT2D eigenvalue weighted by Gasteiger charge is -2.10. The second-order valence-electron chi connectivity index (χ2n) is 5.09. The Hall–Kier alpha value is -1.76. The van der Waals surface area contributed by atoms with E-state index in [9.17, 15) is 0 Å². The number of rotatable bonds is 3. The van der Waals surface area contributed by atoms with Gasteiger partial charge in [0.25, 0.3) is 0 Å². The van der Waals surface area contributed by atoms with Crippen LogP contribution in [0.4, 0.5) is 10.9 Å². The lowest BCUT2D eigenvalue weighted by atomic mass is 10.2. The highest BCUT2D eigenvalue weighted by Crippen LogP contribution is 2.28. The van der Waals surface area contributed by atoms with Crippen molar-refractivity contribution in [2.24, 2.45) is 0 Å². The van der Waals surface area contributed by atoms with Crippen LogP contribution in [0.3, 0.4) is 0 Å². The molecule has 2 N–H and O–H groups in total. The number of nitrogens with one attached hydrogen (secondary N) is 2. The Morgan fingerprint density at radius 3 is 2.91 bits per heavy atom. The first-order valence-electron chi connectivity index (χ1n) is 7.06. The first-order valence-corrected chi connectivity index (χ1v) is 7.88. The highest BCUT2D eigenvalue weighted by molar-refractivity contribution is 7.22. The van der Waals surface area contributed by atoms with Crippen LogP contribution in [0.2, 0.25) is 0 Å². The van der Waals surface area contributed by atoms with Crippen LogP contribution >= 0.6 is 23.7 Å². The molecule has 114 valence electrons. The van der Waals surface area contributed by atoms with Crippen molar-refractivity contribution in [3.8, 4) is 0 Å². The van der Waals surface area contributed by atoms with Crippen LogP contribution in [0.1, 0.15) is 24.6 Å². The van der Waals surface area contributed by atoms with Crippen LogP contribution in [0.25, 0.3) is 10.2 Å². The molecule has 4 rings (SSSR count). The minimum atomic E-state index is 0. The molecule has 0 amide bonds. The number of halogens is 1. The maximum Gasteiger partial charge on any atom is 0.189 e. The third kappa shape index (κ3) is 3.04. The van der Waals surface area contributed by atoms with Crippen molar-refractivity contribution in [3.05, 3.63) is 42.4 Å². The van der Waals surface area contributed by atoms with Crippen molar-refractivity contribution in [1.29, 1.82) is 0 Å². The number of nitrogens with zero attached hydrogens (tertiary/aromatic N) is 3. The smallest absolute Gasteiger partial charge is 0.189 e. The fourth-order valence-corrected chi connectivity index (χ4v) is 3.45. The quantitative estimate of drug-likeness (QED) is 0.765. The number of anilines is 2. The first-order chi connectivity index (χ1) is 10.4. The third-order valence-corrected chi connectivity index (χ3v) is 4.55. The lowest BCUT2D eigenvalue weighted by Crippen LogP contribution is -2.15. The van der Waals surface area contributed by atoms with Crippen LogP contribution in [0, 0.1) is 0 Å². The largest absolute Gasteiger partial charge is 0.315 e. The Balaban J connectivity index is 0.00000144. The van der Waals surface area contributed by atoms with Crippen LogP contribution in [-0.2, 0) is 0 Å². The normalized spacial score (nSPS) is 17.4. The number of benzene rings is 1. The second-order valence-corrected chi connectivity index (χ2v) is 6.12. The summed E-state index contributed by atoms with van der Waals surface area (Å²) in [5, 5.41) is 7.55. The minimum absolute atomic E-state index is 0. The van der Waals surface area contributed by atoms with Gasteiger partial charge in [-0.05, 0) is 31.5 Å². The van der Waals surface area contributed by atoms with Gasteiger partial charge in [-0.25, -0.2) is 9.97 Å². The molecule has 0 bridgehead atoms. The van der Waals surface area contributed by atoms with Gasteiger partial charge in [-0.2, -0.15) is 0 Å². The summed E-state index contributed by atoms with van der Waals surface area (Å²) in [6.45, 7) is 1.06. The van der Waals surface area contributed by atoms with E-state index >= 15 is 0 Å². The molecule has 1 aliphatic heterocycles. The zero-order valence-electron chi connectivity index (χ0n) is 11.8. The first kappa shape index (κ1) is 15.1. The summed E-state index contributed by atoms with van der Waals surface area (Å²) >= 11 is 1.62. The molecule has 7 heteroatoms. The summed E-state index contributed by atoms with van der Waals surface area (Å²) < 4.78 is 1.17. The molecule has 1 atom stereocenters. The van der Waals surface area contributed by atoms with Crippen molar-refractivity contribution in [3.63, 3.8) is 0 Å². The molecule has 2 aromatic heterocycles. The number of fused-ring (bicyclic) bond motifs is 1. The molecule has 0 spiro atoms. The molecule has 0 aliphatic carbocycles. The van der Waals surface area contributed by atoms with E-state index in [4.69, 9.17) is 0 Å². The fraction of sp³-hybridized carbons (Fsp3) is 0.267. The Bertz CT molecular complexity index is 736. The summed E-state index contributed by atoms with van der Waals surface area (Å²) in [5.41, 5.74) is 2.00. The number of aromatic nitrogens is 3. The molecule has 3 heterocycles. The van der Waals surface area contributed by atoms with Crippen LogP contribution < -0.4 is 10.6 Å². The topological polar surface area (TPSA) is 62.7 Å². The highest BCUT2D eigenvalue weighted by Gasteiger charge is 2.18. The number of thiazole rings is 1. The highest BCUT2D eigenvalue weighted by atomic mass is 35.5. The zero-order chi connectivity index (χ0) is 14.1. The maximum atomic E-state index is 4.65. The SMILES string of the molecule is Cl.c1ccc2sc(Nc3cncc(C4CCCN4)n3)nc2c1. The predicted octanol–water partition coefficient (Wildman–Crippen LogP) is 3.68. The van der Waals surface area contributed by atoms with Gasteiger partial charge >= 0.3 is 0 Å². The molecule has 0 saturated carbocycles. The minimum Gasteiger partial charge on any atom is -0.315 e. The molecule has 1 unspecified atom stereocenters. The molecule has 1 aromatic carbocycles. The average molecular weight is 334 g/mol. The van der Waals surface area contributed by atoms with E-state index in [1.165, 1.54) is 11.1 Å². The zero-order valence-corrected chi connectivity index (χ0v) is 13.5. The molecule has 1 saturated heterocycles. The van der Waals surface area contributed by atoms with Gasteiger partial charge < -0.3 is 10.6 Å². The van der Waals surface area contributed by atoms with E-state index in [-0.39, 0.29) is 12.4 Å². The Morgan fingerprint density at radius 2 is 2.09 bits per heavy atom. The van der Waals surface area contributed by atoms with Gasteiger partial charge in [-0.15, -0.1) is 12.4 Å². The van der Waals surface area contributed by atoms with Gasteiger partial charge in [0.1, 0.15) is 0 Å². The number of para-hydroxylation sites is 1. The Labute approximate surface area is 138 Å². The third-order valence-electron chi connectivity index (χ3n) is 3.60. The van der Waals surface area contributed by atoms with E-state index in [1.807, 2.05) is 24.4 Å². The van der Waals surface area contributed by atoms with E-state index in [0.717, 1.165) is 35.1 Å². The Kier molecular flexibility index (Phi) is 4.52. The lowest BCUT2D eigenvalue weighted by molar-refractivity contribution is 0.625. The summed E-state index contributed by atoms with van der Waals surface area (Å²) in [5.74, 6) is 0.750. The van der Waals surface area contributed by atoms with Crippen molar-refractivity contribution >= 4 is 44.9 Å². The molecule has 1 aliphatic rings. The molecule has 3 aromatic rings. The molecule has 22 heavy (non-hydrogen) atoms. The van der Waals surface area contributed by atoms with Crippen molar-refractivity contribution < 1.29 is 0 Å². The van der Waals surface area contributed by atoms with Gasteiger partial charge in [0, 0.05) is 0 Å². The van der Waals surface area contributed by atoms with Crippen LogP contribution in [0.5, 0.6) is 0 Å². The summed E-state index contributed by atoms with van der Waals surface area (Å²) in [7, 11) is 0. The van der Waals surface area contributed by atoms with E-state index < -0.39 is 0 Å². The van der Waals surface area contributed by atoms with Gasteiger partial charge in [0.05, 0.1) is 34.3 Å². The molecule has 0 radical (unpaired) electrons. The monoisotopic (exact) mass is 333 g/mol. The van der Waals surface area contributed by atoms with Crippen molar-refractivity contribution in [2.75, 3.05) is 11.9 Å². The summed E-state index contributed by atoms with van der Waals surface area (Å²) in [4.78, 5) is 13.5. The summed E-state index contributed by atoms with van der Waals surface area (Å²) in [6.07, 6.45) is 5.90. The van der Waals surface area contributed by atoms with Crippen molar-refractivity contribution in [2.45, 2.75) is 18.9 Å². The average Bonchev–Trinajstić information content (AvgIpc) is 3.16. The van der Waals surface area contributed by atoms with Crippen molar-refractivity contribution in [1.82, 2.24) is 20.3 Å². The Morgan fingerprint density at radius 1 is 1.18 bits per heavy atom. The fourth-order valence-electron chi connectivity index (χ4n) is 2.58. The molecular formula is C15H16ClN5S. The summed E-state index contributed by atoms with van der Waals surface area (Å²) in [6, 6.07) is 8.44. The van der Waals surface area contributed by atoms with Crippen LogP contribution in [-0.4, -0.2) is 21.5 Å². The molecule has 5 nitrogen and oxygen atoms in total. The molecular weight excluding hydrogens is 318 g/mol. The number of hydrogen-bond acceptors (Lipinski definition) is 6. The standard InChI is InChI=1S/C15H15N5S.ClH/c1-2-6-13-11(4-1)19-15(21-13)20-14-9-16-8-12(18-14)10-5-3-7-17-10;/h1-2,4,6,8-10,17H,3,5,7H2,(H,18,19,20);1H. The van der Waals surface area contributed by atoms with Gasteiger partial charge in [-0.1, -0.05) is 23.5 Å². The van der Waals surface area contributed by atoms with Gasteiger partial charge in [-0.3, -0.25) is 4.98 Å². The van der Waals surface area contributed by atoms with Gasteiger partial charge in [0.2, 0.25) is 0 Å². The van der Waals surface area contributed by atoms with E-state index in [1.54, 1.807) is 17.5 Å². The molecule has 1 fully saturated rings. The van der Waals surface area contributed by atoms with Gasteiger partial charge in [0.15, 0.2) is 10.9 Å². The van der Waals surface area contributed by atoms with E-state index in [2.05, 4.69) is 31.7 Å². The number of hydrogen-bond donors (Lipinski definition) is 2. The maximum absolute atomic E-state index is 4.65.